The smallest absolute Gasteiger partial charge is 0.312 e. The van der Waals surface area contributed by atoms with E-state index >= 15 is 0 Å². The number of esters is 1. The summed E-state index contributed by atoms with van der Waals surface area (Å²) in [6.07, 6.45) is 0.0724. The standard InChI is InChI=1S/C16H14O6/c1-21-13-5-2-8(6-12(13)18)10-7-14(19)22-16-9(10)3-4-11(17)15(16)20/h2-6,10,17-18,20H,7H2,1H3. The zero-order valence-corrected chi connectivity index (χ0v) is 11.7. The average molecular weight is 302 g/mol. The van der Waals surface area contributed by atoms with Crippen LogP contribution in [0.5, 0.6) is 28.7 Å². The van der Waals surface area contributed by atoms with Crippen LogP contribution in [-0.4, -0.2) is 28.4 Å². The zero-order chi connectivity index (χ0) is 15.9. The quantitative estimate of drug-likeness (QED) is 0.447. The van der Waals surface area contributed by atoms with E-state index in [1.807, 2.05) is 0 Å². The highest BCUT2D eigenvalue weighted by atomic mass is 16.5. The van der Waals surface area contributed by atoms with Crippen LogP contribution in [0.2, 0.25) is 0 Å². The van der Waals surface area contributed by atoms with Gasteiger partial charge in [0.1, 0.15) is 0 Å². The molecule has 0 amide bonds. The number of methoxy groups -OCH3 is 1. The van der Waals surface area contributed by atoms with Crippen molar-refractivity contribution in [2.75, 3.05) is 7.11 Å². The molecule has 0 bridgehead atoms. The van der Waals surface area contributed by atoms with E-state index in [-0.39, 0.29) is 29.6 Å². The number of fused-ring (bicyclic) bond motifs is 1. The molecule has 1 unspecified atom stereocenters. The molecule has 22 heavy (non-hydrogen) atoms. The number of ether oxygens (including phenoxy) is 2. The van der Waals surface area contributed by atoms with Gasteiger partial charge in [0.15, 0.2) is 23.0 Å². The fourth-order valence-corrected chi connectivity index (χ4v) is 2.61. The van der Waals surface area contributed by atoms with Gasteiger partial charge in [-0.15, -0.1) is 0 Å². The van der Waals surface area contributed by atoms with Gasteiger partial charge in [0.2, 0.25) is 5.75 Å². The predicted molar refractivity (Wildman–Crippen MR) is 76.5 cm³/mol. The van der Waals surface area contributed by atoms with E-state index in [1.165, 1.54) is 19.2 Å². The fraction of sp³-hybridized carbons (Fsp3) is 0.188. The summed E-state index contributed by atoms with van der Waals surface area (Å²) in [6.45, 7) is 0. The summed E-state index contributed by atoms with van der Waals surface area (Å²) in [5.41, 5.74) is 1.25. The first kappa shape index (κ1) is 14.1. The average Bonchev–Trinajstić information content (AvgIpc) is 2.50. The first-order valence-electron chi connectivity index (χ1n) is 6.63. The Hall–Kier alpha value is -2.89. The Morgan fingerprint density at radius 1 is 1.14 bits per heavy atom. The number of phenols is 3. The maximum atomic E-state index is 11.8. The summed E-state index contributed by atoms with van der Waals surface area (Å²) < 4.78 is 10.0. The van der Waals surface area contributed by atoms with E-state index in [0.717, 1.165) is 0 Å². The van der Waals surface area contributed by atoms with Crippen molar-refractivity contribution in [2.45, 2.75) is 12.3 Å². The van der Waals surface area contributed by atoms with Gasteiger partial charge in [0.25, 0.3) is 0 Å². The molecule has 1 aliphatic heterocycles. The molecule has 0 aliphatic carbocycles. The van der Waals surface area contributed by atoms with Crippen molar-refractivity contribution in [2.24, 2.45) is 0 Å². The minimum Gasteiger partial charge on any atom is -0.504 e. The topological polar surface area (TPSA) is 96.2 Å². The molecule has 2 aromatic rings. The molecule has 6 heteroatoms. The van der Waals surface area contributed by atoms with E-state index in [9.17, 15) is 20.1 Å². The van der Waals surface area contributed by atoms with Crippen molar-refractivity contribution in [3.05, 3.63) is 41.5 Å². The molecule has 0 saturated carbocycles. The first-order chi connectivity index (χ1) is 10.5. The van der Waals surface area contributed by atoms with Gasteiger partial charge < -0.3 is 24.8 Å². The van der Waals surface area contributed by atoms with E-state index in [0.29, 0.717) is 16.9 Å². The molecule has 0 saturated heterocycles. The molecular formula is C16H14O6. The summed E-state index contributed by atoms with van der Waals surface area (Å²) in [7, 11) is 1.45. The number of hydrogen-bond acceptors (Lipinski definition) is 6. The number of hydrogen-bond donors (Lipinski definition) is 3. The summed E-state index contributed by atoms with van der Waals surface area (Å²) in [4.78, 5) is 11.8. The maximum absolute atomic E-state index is 11.8. The molecule has 1 heterocycles. The minimum atomic E-state index is -0.520. The lowest BCUT2D eigenvalue weighted by atomic mass is 9.86. The van der Waals surface area contributed by atoms with E-state index < -0.39 is 11.7 Å². The molecule has 3 N–H and O–H groups in total. The first-order valence-corrected chi connectivity index (χ1v) is 6.63. The highest BCUT2D eigenvalue weighted by Crippen LogP contribution is 2.47. The van der Waals surface area contributed by atoms with Crippen LogP contribution in [0, 0.1) is 0 Å². The van der Waals surface area contributed by atoms with E-state index in [4.69, 9.17) is 9.47 Å². The Kier molecular flexibility index (Phi) is 3.29. The number of benzene rings is 2. The molecule has 2 aromatic carbocycles. The van der Waals surface area contributed by atoms with Crippen LogP contribution in [0.4, 0.5) is 0 Å². The number of carbonyl (C=O) groups is 1. The lowest BCUT2D eigenvalue weighted by Gasteiger charge is -2.25. The van der Waals surface area contributed by atoms with Crippen molar-refractivity contribution < 1.29 is 29.6 Å². The van der Waals surface area contributed by atoms with E-state index in [2.05, 4.69) is 0 Å². The van der Waals surface area contributed by atoms with Crippen LogP contribution in [-0.2, 0) is 4.79 Å². The Balaban J connectivity index is 2.11. The van der Waals surface area contributed by atoms with Gasteiger partial charge >= 0.3 is 5.97 Å². The molecule has 1 atom stereocenters. The van der Waals surface area contributed by atoms with Crippen molar-refractivity contribution >= 4 is 5.97 Å². The molecule has 0 radical (unpaired) electrons. The van der Waals surface area contributed by atoms with Crippen LogP contribution in [0.3, 0.4) is 0 Å². The molecule has 1 aliphatic rings. The number of carbonyl (C=O) groups excluding carboxylic acids is 1. The Bertz CT molecular complexity index is 753. The summed E-state index contributed by atoms with van der Waals surface area (Å²) in [5, 5.41) is 29.3. The lowest BCUT2D eigenvalue weighted by molar-refractivity contribution is -0.135. The monoisotopic (exact) mass is 302 g/mol. The molecular weight excluding hydrogens is 288 g/mol. The highest BCUT2D eigenvalue weighted by molar-refractivity contribution is 5.79. The summed E-state index contributed by atoms with van der Waals surface area (Å²) >= 11 is 0. The van der Waals surface area contributed by atoms with Crippen LogP contribution >= 0.6 is 0 Å². The normalized spacial score (nSPS) is 16.8. The largest absolute Gasteiger partial charge is 0.504 e. The Morgan fingerprint density at radius 2 is 1.91 bits per heavy atom. The number of rotatable bonds is 2. The molecule has 114 valence electrons. The van der Waals surface area contributed by atoms with Gasteiger partial charge in [-0.2, -0.15) is 0 Å². The third-order valence-corrected chi connectivity index (χ3v) is 3.71. The van der Waals surface area contributed by atoms with Gasteiger partial charge in [-0.25, -0.2) is 0 Å². The van der Waals surface area contributed by atoms with Gasteiger partial charge in [0, 0.05) is 11.5 Å². The number of phenolic OH excluding ortho intramolecular Hbond substituents is 3. The summed E-state index contributed by atoms with van der Waals surface area (Å²) in [6, 6.07) is 7.77. The third kappa shape index (κ3) is 2.18. The number of aromatic hydroxyl groups is 3. The van der Waals surface area contributed by atoms with Gasteiger partial charge in [-0.3, -0.25) is 4.79 Å². The Morgan fingerprint density at radius 3 is 2.59 bits per heavy atom. The van der Waals surface area contributed by atoms with Crippen molar-refractivity contribution in [3.63, 3.8) is 0 Å². The molecule has 0 aromatic heterocycles. The fourth-order valence-electron chi connectivity index (χ4n) is 2.61. The van der Waals surface area contributed by atoms with Crippen molar-refractivity contribution in [1.82, 2.24) is 0 Å². The minimum absolute atomic E-state index is 0.0384. The van der Waals surface area contributed by atoms with Gasteiger partial charge in [-0.1, -0.05) is 12.1 Å². The molecule has 6 nitrogen and oxygen atoms in total. The van der Waals surface area contributed by atoms with Crippen molar-refractivity contribution in [1.29, 1.82) is 0 Å². The summed E-state index contributed by atoms with van der Waals surface area (Å²) in [5.74, 6) is -1.48. The van der Waals surface area contributed by atoms with E-state index in [1.54, 1.807) is 18.2 Å². The highest BCUT2D eigenvalue weighted by Gasteiger charge is 2.31. The van der Waals surface area contributed by atoms with Crippen molar-refractivity contribution in [3.8, 4) is 28.7 Å². The Labute approximate surface area is 126 Å². The van der Waals surface area contributed by atoms with Crippen LogP contribution in [0.15, 0.2) is 30.3 Å². The molecule has 3 rings (SSSR count). The van der Waals surface area contributed by atoms with Gasteiger partial charge in [-0.05, 0) is 23.8 Å². The second-order valence-corrected chi connectivity index (χ2v) is 5.01. The second kappa shape index (κ2) is 5.14. The van der Waals surface area contributed by atoms with Gasteiger partial charge in [0.05, 0.1) is 13.5 Å². The molecule has 0 fully saturated rings. The van der Waals surface area contributed by atoms with Crippen LogP contribution < -0.4 is 9.47 Å². The third-order valence-electron chi connectivity index (χ3n) is 3.71. The van der Waals surface area contributed by atoms with Crippen LogP contribution in [0.25, 0.3) is 0 Å². The zero-order valence-electron chi connectivity index (χ0n) is 11.7. The second-order valence-electron chi connectivity index (χ2n) is 5.01. The predicted octanol–water partition coefficient (Wildman–Crippen LogP) is 2.25. The van der Waals surface area contributed by atoms with Crippen LogP contribution in [0.1, 0.15) is 23.5 Å². The molecule has 0 spiro atoms. The maximum Gasteiger partial charge on any atom is 0.312 e. The lowest BCUT2D eigenvalue weighted by Crippen LogP contribution is -2.21. The SMILES string of the molecule is COc1ccc(C2CC(=O)Oc3c2ccc(O)c3O)cc1O.